The van der Waals surface area contributed by atoms with Crippen molar-refractivity contribution in [1.29, 1.82) is 0 Å². The van der Waals surface area contributed by atoms with Crippen LogP contribution in [0.2, 0.25) is 0 Å². The third-order valence-corrected chi connectivity index (χ3v) is 4.80. The van der Waals surface area contributed by atoms with Crippen LogP contribution in [0.1, 0.15) is 34.1 Å². The standard InChI is InChI=1S/C18H28O10.2Na/c1-8(6-19)10(16(23)24)5-9(7-20)27-13-11(21)12(22)15(18(2,3)4)28-14(13)17(25)26;;/h6-15,21-22H,5H2,1-4H3,(H,23,24)(H,25,26);;/q;2*+1/p-2/t8?,9?,10?,11?,12-,13-,14?,15+;;/m1../s1. The van der Waals surface area contributed by atoms with Gasteiger partial charge < -0.3 is 49.1 Å². The fraction of sp³-hybridized carbons (Fsp3) is 0.778. The summed E-state index contributed by atoms with van der Waals surface area (Å²) in [6.07, 6.45) is -9.23. The van der Waals surface area contributed by atoms with Gasteiger partial charge in [0.05, 0.1) is 12.1 Å². The number of aldehydes is 2. The third-order valence-electron chi connectivity index (χ3n) is 4.80. The smallest absolute Gasteiger partial charge is 0.550 e. The van der Waals surface area contributed by atoms with Gasteiger partial charge in [0.25, 0.3) is 0 Å². The van der Waals surface area contributed by atoms with Crippen molar-refractivity contribution in [2.45, 2.75) is 70.7 Å². The zero-order valence-electron chi connectivity index (χ0n) is 18.1. The molecule has 1 fully saturated rings. The Hall–Kier alpha value is 0.120. The molecule has 12 heteroatoms. The van der Waals surface area contributed by atoms with E-state index in [0.29, 0.717) is 6.29 Å². The summed E-state index contributed by atoms with van der Waals surface area (Å²) in [5, 5.41) is 43.4. The van der Waals surface area contributed by atoms with Crippen LogP contribution in [-0.2, 0) is 28.7 Å². The van der Waals surface area contributed by atoms with E-state index in [-0.39, 0.29) is 65.4 Å². The molecule has 1 aliphatic heterocycles. The molecule has 0 aromatic heterocycles. The van der Waals surface area contributed by atoms with Crippen molar-refractivity contribution in [2.24, 2.45) is 17.3 Å². The summed E-state index contributed by atoms with van der Waals surface area (Å²) < 4.78 is 10.7. The molecule has 8 atom stereocenters. The molecule has 0 aliphatic carbocycles. The van der Waals surface area contributed by atoms with Crippen molar-refractivity contribution < 1.29 is 108 Å². The number of rotatable bonds is 9. The van der Waals surface area contributed by atoms with E-state index in [1.54, 1.807) is 20.8 Å². The van der Waals surface area contributed by atoms with Gasteiger partial charge in [0.15, 0.2) is 0 Å². The van der Waals surface area contributed by atoms with E-state index >= 15 is 0 Å². The maximum Gasteiger partial charge on any atom is 1.00 e. The van der Waals surface area contributed by atoms with E-state index in [9.17, 15) is 39.6 Å². The number of carboxylic acid groups (broad SMARTS) is 2. The number of carbonyl (C=O) groups excluding carboxylic acids is 4. The average Bonchev–Trinajstić information content (AvgIpc) is 2.59. The van der Waals surface area contributed by atoms with E-state index in [4.69, 9.17) is 9.47 Å². The molecular weight excluding hydrogens is 422 g/mol. The summed E-state index contributed by atoms with van der Waals surface area (Å²) >= 11 is 0. The normalized spacial score (nSPS) is 29.3. The molecule has 0 saturated carbocycles. The summed E-state index contributed by atoms with van der Waals surface area (Å²) in [4.78, 5) is 45.0. The molecule has 0 spiro atoms. The van der Waals surface area contributed by atoms with Gasteiger partial charge in [-0.1, -0.05) is 27.7 Å². The quantitative estimate of drug-likeness (QED) is 0.255. The summed E-state index contributed by atoms with van der Waals surface area (Å²) in [5.41, 5.74) is -0.734. The maximum absolute atomic E-state index is 11.5. The SMILES string of the molecule is CC(C=O)C(CC(C=O)O[C@H]1C(C(=O)[O-])O[C@H](C(C)(C)C)[C@H](O)C1O)C(=O)[O-].[Na+].[Na+]. The molecule has 1 heterocycles. The average molecular weight is 448 g/mol. The molecule has 0 amide bonds. The third kappa shape index (κ3) is 8.23. The van der Waals surface area contributed by atoms with Gasteiger partial charge in [0, 0.05) is 17.8 Å². The van der Waals surface area contributed by atoms with Gasteiger partial charge >= 0.3 is 59.1 Å². The first-order valence-electron chi connectivity index (χ1n) is 8.84. The first-order chi connectivity index (χ1) is 12.8. The number of aliphatic hydroxyl groups excluding tert-OH is 2. The van der Waals surface area contributed by atoms with Crippen LogP contribution in [0, 0.1) is 17.3 Å². The molecule has 1 saturated heterocycles. The van der Waals surface area contributed by atoms with Gasteiger partial charge in [0.1, 0.15) is 43.1 Å². The fourth-order valence-corrected chi connectivity index (χ4v) is 3.14. The summed E-state index contributed by atoms with van der Waals surface area (Å²) in [7, 11) is 0. The van der Waals surface area contributed by atoms with Crippen LogP contribution in [0.15, 0.2) is 0 Å². The van der Waals surface area contributed by atoms with E-state index in [1.807, 2.05) is 0 Å². The summed E-state index contributed by atoms with van der Waals surface area (Å²) in [6, 6.07) is 0. The van der Waals surface area contributed by atoms with Crippen molar-refractivity contribution in [1.82, 2.24) is 0 Å². The Balaban J connectivity index is 0. The minimum absolute atomic E-state index is 0. The zero-order valence-corrected chi connectivity index (χ0v) is 22.1. The van der Waals surface area contributed by atoms with Crippen molar-refractivity contribution >= 4 is 24.5 Å². The van der Waals surface area contributed by atoms with Crippen molar-refractivity contribution in [3.05, 3.63) is 0 Å². The molecule has 0 aromatic carbocycles. The Morgan fingerprint density at radius 3 is 2.00 bits per heavy atom. The minimum Gasteiger partial charge on any atom is -0.550 e. The molecule has 2 N–H and O–H groups in total. The molecule has 1 aliphatic rings. The monoisotopic (exact) mass is 448 g/mol. The second-order valence-electron chi connectivity index (χ2n) is 8.08. The van der Waals surface area contributed by atoms with Gasteiger partial charge in [-0.3, -0.25) is 0 Å². The van der Waals surface area contributed by atoms with E-state index in [0.717, 1.165) is 0 Å². The van der Waals surface area contributed by atoms with Gasteiger partial charge in [-0.25, -0.2) is 0 Å². The maximum atomic E-state index is 11.5. The molecule has 10 nitrogen and oxygen atoms in total. The fourth-order valence-electron chi connectivity index (χ4n) is 3.14. The predicted octanol–water partition coefficient (Wildman–Crippen LogP) is -9.18. The Morgan fingerprint density at radius 1 is 1.10 bits per heavy atom. The van der Waals surface area contributed by atoms with Crippen LogP contribution in [0.4, 0.5) is 0 Å². The molecule has 0 aromatic rings. The van der Waals surface area contributed by atoms with E-state index in [1.165, 1.54) is 6.92 Å². The van der Waals surface area contributed by atoms with Gasteiger partial charge in [0.2, 0.25) is 0 Å². The Bertz CT molecular complexity index is 594. The van der Waals surface area contributed by atoms with E-state index < -0.39 is 72.2 Å². The first kappa shape index (κ1) is 32.3. The van der Waals surface area contributed by atoms with E-state index in [2.05, 4.69) is 0 Å². The Labute approximate surface area is 219 Å². The number of hydrogen-bond donors (Lipinski definition) is 2. The van der Waals surface area contributed by atoms with Crippen LogP contribution in [0.5, 0.6) is 0 Å². The second kappa shape index (κ2) is 13.6. The molecule has 0 radical (unpaired) electrons. The Morgan fingerprint density at radius 2 is 1.63 bits per heavy atom. The number of hydrogen-bond acceptors (Lipinski definition) is 10. The summed E-state index contributed by atoms with van der Waals surface area (Å²) in [5.74, 6) is -5.67. The number of carbonyl (C=O) groups is 4. The molecule has 30 heavy (non-hydrogen) atoms. The molecule has 1 rings (SSSR count). The Kier molecular flexibility index (Phi) is 14.7. The van der Waals surface area contributed by atoms with Gasteiger partial charge in [-0.15, -0.1) is 0 Å². The number of carboxylic acids is 2. The molecule has 0 bridgehead atoms. The largest absolute Gasteiger partial charge is 1.00 e. The second-order valence-corrected chi connectivity index (χ2v) is 8.08. The predicted molar refractivity (Wildman–Crippen MR) is 88.2 cm³/mol. The zero-order chi connectivity index (χ0) is 21.8. The van der Waals surface area contributed by atoms with Crippen LogP contribution in [0.3, 0.4) is 0 Å². The number of aliphatic hydroxyl groups is 2. The molecule has 160 valence electrons. The van der Waals surface area contributed by atoms with Crippen LogP contribution in [-0.4, -0.2) is 71.3 Å². The van der Waals surface area contributed by atoms with Gasteiger partial charge in [-0.2, -0.15) is 0 Å². The first-order valence-corrected chi connectivity index (χ1v) is 8.84. The van der Waals surface area contributed by atoms with Crippen molar-refractivity contribution in [3.8, 4) is 0 Å². The molecule has 5 unspecified atom stereocenters. The van der Waals surface area contributed by atoms with Gasteiger partial charge in [-0.05, 0) is 11.8 Å². The molecular formula is C18H26Na2O10. The number of aliphatic carboxylic acids is 2. The minimum atomic E-state index is -1.81. The van der Waals surface area contributed by atoms with Crippen LogP contribution < -0.4 is 69.3 Å². The van der Waals surface area contributed by atoms with Crippen molar-refractivity contribution in [2.75, 3.05) is 0 Å². The van der Waals surface area contributed by atoms with Crippen LogP contribution >= 0.6 is 0 Å². The van der Waals surface area contributed by atoms with Crippen molar-refractivity contribution in [3.63, 3.8) is 0 Å². The summed E-state index contributed by atoms with van der Waals surface area (Å²) in [6.45, 7) is 6.32. The van der Waals surface area contributed by atoms with Crippen LogP contribution in [0.25, 0.3) is 0 Å². The topological polar surface area (TPSA) is 173 Å². The number of ether oxygens (including phenoxy) is 2.